The van der Waals surface area contributed by atoms with Gasteiger partial charge in [0, 0.05) is 13.1 Å². The maximum absolute atomic E-state index is 13.9. The Hall–Kier alpha value is -3.02. The van der Waals surface area contributed by atoms with Crippen molar-refractivity contribution in [3.63, 3.8) is 0 Å². The smallest absolute Gasteiger partial charge is 0.390 e. The lowest BCUT2D eigenvalue weighted by Gasteiger charge is -2.13. The first kappa shape index (κ1) is 24.6. The highest BCUT2D eigenvalue weighted by atomic mass is 32.1. The number of alkyl halides is 5. The van der Waals surface area contributed by atoms with Crippen molar-refractivity contribution in [2.45, 2.75) is 45.5 Å². The largest absolute Gasteiger partial charge is 0.462 e. The van der Waals surface area contributed by atoms with Crippen molar-refractivity contribution >= 4 is 27.5 Å². The molecule has 2 heterocycles. The molecule has 0 saturated carbocycles. The van der Waals surface area contributed by atoms with Gasteiger partial charge in [0.15, 0.2) is 0 Å². The van der Waals surface area contributed by atoms with Gasteiger partial charge in [-0.1, -0.05) is 30.3 Å². The zero-order chi connectivity index (χ0) is 24.3. The minimum Gasteiger partial charge on any atom is -0.462 e. The quantitative estimate of drug-likeness (QED) is 0.344. The molecular formula is C21H19F5N2O4S. The average Bonchev–Trinajstić information content (AvgIpc) is 3.15. The average molecular weight is 490 g/mol. The molecule has 0 amide bonds. The molecule has 3 rings (SSSR count). The Morgan fingerprint density at radius 2 is 1.76 bits per heavy atom. The lowest BCUT2D eigenvalue weighted by Crippen LogP contribution is -2.40. The first-order valence-corrected chi connectivity index (χ1v) is 10.7. The topological polar surface area (TPSA) is 70.3 Å². The summed E-state index contributed by atoms with van der Waals surface area (Å²) in [5.41, 5.74) is -2.36. The predicted molar refractivity (Wildman–Crippen MR) is 112 cm³/mol. The van der Waals surface area contributed by atoms with Crippen LogP contribution in [0.5, 0.6) is 0 Å². The first-order valence-electron chi connectivity index (χ1n) is 9.91. The zero-order valence-corrected chi connectivity index (χ0v) is 18.1. The van der Waals surface area contributed by atoms with Crippen molar-refractivity contribution in [2.75, 3.05) is 6.61 Å². The third-order valence-electron chi connectivity index (χ3n) is 4.86. The van der Waals surface area contributed by atoms with E-state index < -0.39 is 63.4 Å². The standard InChI is InChI=1S/C21H19F5N2O4S/c1-2-32-19(30)15-13(16(22)23)14-17(29)27(10-8-12-6-4-3-5-7-12)20(31)28(18(14)33-15)11-9-21(24,25)26/h3-7,16H,2,8-11H2,1H3. The third-order valence-corrected chi connectivity index (χ3v) is 6.07. The van der Waals surface area contributed by atoms with Gasteiger partial charge in [-0.2, -0.15) is 13.2 Å². The lowest BCUT2D eigenvalue weighted by atomic mass is 10.1. The maximum atomic E-state index is 13.9. The van der Waals surface area contributed by atoms with Crippen LogP contribution in [0.3, 0.4) is 0 Å². The van der Waals surface area contributed by atoms with E-state index in [-0.39, 0.29) is 19.6 Å². The van der Waals surface area contributed by atoms with Crippen LogP contribution in [0.1, 0.15) is 40.6 Å². The van der Waals surface area contributed by atoms with Crippen molar-refractivity contribution < 1.29 is 31.5 Å². The van der Waals surface area contributed by atoms with Gasteiger partial charge in [0.2, 0.25) is 0 Å². The SMILES string of the molecule is CCOC(=O)c1sc2c(c1C(F)F)c(=O)n(CCc1ccccc1)c(=O)n2CCC(F)(F)F. The highest BCUT2D eigenvalue weighted by molar-refractivity contribution is 7.20. The van der Waals surface area contributed by atoms with Crippen molar-refractivity contribution in [3.8, 4) is 0 Å². The minimum absolute atomic E-state index is 0.141. The summed E-state index contributed by atoms with van der Waals surface area (Å²) in [6, 6.07) is 8.65. The number of thiophene rings is 1. The van der Waals surface area contributed by atoms with E-state index in [9.17, 15) is 36.3 Å². The number of halogens is 5. The Labute approximate surface area is 187 Å². The van der Waals surface area contributed by atoms with E-state index in [0.29, 0.717) is 20.5 Å². The summed E-state index contributed by atoms with van der Waals surface area (Å²) in [6.07, 6.45) is -9.18. The molecule has 12 heteroatoms. The molecule has 0 aliphatic carbocycles. The molecule has 0 fully saturated rings. The molecule has 0 unspecified atom stereocenters. The molecule has 0 atom stereocenters. The molecule has 0 aliphatic rings. The molecule has 1 aromatic carbocycles. The normalized spacial score (nSPS) is 12.0. The highest BCUT2D eigenvalue weighted by Gasteiger charge is 2.32. The van der Waals surface area contributed by atoms with Crippen LogP contribution in [-0.2, 0) is 24.2 Å². The predicted octanol–water partition coefficient (Wildman–Crippen LogP) is 4.53. The fourth-order valence-corrected chi connectivity index (χ4v) is 4.57. The van der Waals surface area contributed by atoms with Crippen LogP contribution in [0, 0.1) is 0 Å². The van der Waals surface area contributed by atoms with Gasteiger partial charge in [-0.15, -0.1) is 11.3 Å². The fourth-order valence-electron chi connectivity index (χ4n) is 3.36. The summed E-state index contributed by atoms with van der Waals surface area (Å²) in [5.74, 6) is -1.14. The molecule has 178 valence electrons. The molecule has 0 spiro atoms. The second kappa shape index (κ2) is 9.86. The molecular weight excluding hydrogens is 471 g/mol. The van der Waals surface area contributed by atoms with Crippen molar-refractivity contribution in [3.05, 3.63) is 67.2 Å². The molecule has 2 aromatic heterocycles. The number of fused-ring (bicyclic) bond motifs is 1. The minimum atomic E-state index is -4.64. The summed E-state index contributed by atoms with van der Waals surface area (Å²) in [6.45, 7) is 0.174. The van der Waals surface area contributed by atoms with Gasteiger partial charge in [-0.25, -0.2) is 18.4 Å². The van der Waals surface area contributed by atoms with Gasteiger partial charge >= 0.3 is 17.8 Å². The van der Waals surface area contributed by atoms with E-state index in [1.54, 1.807) is 30.3 Å². The van der Waals surface area contributed by atoms with E-state index in [0.717, 1.165) is 5.56 Å². The maximum Gasteiger partial charge on any atom is 0.390 e. The Bertz CT molecular complexity index is 1260. The second-order valence-corrected chi connectivity index (χ2v) is 8.04. The molecule has 0 radical (unpaired) electrons. The van der Waals surface area contributed by atoms with E-state index >= 15 is 0 Å². The summed E-state index contributed by atoms with van der Waals surface area (Å²) in [5, 5.41) is -0.645. The van der Waals surface area contributed by atoms with Gasteiger partial charge in [-0.05, 0) is 18.9 Å². The number of benzene rings is 1. The second-order valence-electron chi connectivity index (χ2n) is 7.04. The summed E-state index contributed by atoms with van der Waals surface area (Å²) in [4.78, 5) is 37.3. The molecule has 0 N–H and O–H groups in total. The van der Waals surface area contributed by atoms with Crippen LogP contribution in [0.2, 0.25) is 0 Å². The van der Waals surface area contributed by atoms with E-state index in [1.807, 2.05) is 0 Å². The highest BCUT2D eigenvalue weighted by Crippen LogP contribution is 2.36. The van der Waals surface area contributed by atoms with Crippen LogP contribution in [0.4, 0.5) is 22.0 Å². The lowest BCUT2D eigenvalue weighted by molar-refractivity contribution is -0.136. The van der Waals surface area contributed by atoms with Crippen molar-refractivity contribution in [1.82, 2.24) is 9.13 Å². The van der Waals surface area contributed by atoms with Gasteiger partial charge < -0.3 is 4.74 Å². The molecule has 6 nitrogen and oxygen atoms in total. The number of hydrogen-bond acceptors (Lipinski definition) is 5. The van der Waals surface area contributed by atoms with Gasteiger partial charge in [0.25, 0.3) is 12.0 Å². The van der Waals surface area contributed by atoms with Crippen LogP contribution in [0.15, 0.2) is 39.9 Å². The number of ether oxygens (including phenoxy) is 1. The van der Waals surface area contributed by atoms with Crippen molar-refractivity contribution in [1.29, 1.82) is 0 Å². The Balaban J connectivity index is 2.25. The fraction of sp³-hybridized carbons (Fsp3) is 0.381. The summed E-state index contributed by atoms with van der Waals surface area (Å²) >= 11 is 0.357. The van der Waals surface area contributed by atoms with Crippen LogP contribution in [-0.4, -0.2) is 27.9 Å². The van der Waals surface area contributed by atoms with E-state index in [1.165, 1.54) is 6.92 Å². The molecule has 0 aliphatic heterocycles. The summed E-state index contributed by atoms with van der Waals surface area (Å²) < 4.78 is 72.6. The molecule has 3 aromatic rings. The number of aryl methyl sites for hydroxylation is 2. The van der Waals surface area contributed by atoms with Crippen molar-refractivity contribution in [2.24, 2.45) is 0 Å². The summed E-state index contributed by atoms with van der Waals surface area (Å²) in [7, 11) is 0. The number of rotatable bonds is 8. The van der Waals surface area contributed by atoms with Gasteiger partial charge in [-0.3, -0.25) is 13.9 Å². The Morgan fingerprint density at radius 3 is 2.33 bits per heavy atom. The van der Waals surface area contributed by atoms with E-state index in [4.69, 9.17) is 4.74 Å². The number of carbonyl (C=O) groups excluding carboxylic acids is 1. The molecule has 33 heavy (non-hydrogen) atoms. The van der Waals surface area contributed by atoms with Crippen LogP contribution in [0.25, 0.3) is 10.2 Å². The van der Waals surface area contributed by atoms with Gasteiger partial charge in [0.05, 0.1) is 24.0 Å². The number of esters is 1. The van der Waals surface area contributed by atoms with Crippen LogP contribution < -0.4 is 11.2 Å². The number of carbonyl (C=O) groups is 1. The first-order chi connectivity index (χ1) is 15.5. The third kappa shape index (κ3) is 5.32. The van der Waals surface area contributed by atoms with Crippen LogP contribution >= 0.6 is 11.3 Å². The molecule has 0 bridgehead atoms. The van der Waals surface area contributed by atoms with E-state index in [2.05, 4.69) is 0 Å². The Kier molecular flexibility index (Phi) is 7.35. The zero-order valence-electron chi connectivity index (χ0n) is 17.3. The monoisotopic (exact) mass is 490 g/mol. The number of aromatic nitrogens is 2. The molecule has 0 saturated heterocycles. The van der Waals surface area contributed by atoms with Gasteiger partial charge in [0.1, 0.15) is 9.71 Å². The number of nitrogens with zero attached hydrogens (tertiary/aromatic N) is 2. The number of hydrogen-bond donors (Lipinski definition) is 0. The Morgan fingerprint density at radius 1 is 1.09 bits per heavy atom.